The lowest BCUT2D eigenvalue weighted by Crippen LogP contribution is -2.22. The number of hydrogen-bond acceptors (Lipinski definition) is 3. The maximum Gasteiger partial charge on any atom is 0.287 e. The molecule has 3 N–H and O–H groups in total. The molecule has 0 bridgehead atoms. The lowest BCUT2D eigenvalue weighted by molar-refractivity contribution is 0.0921. The first kappa shape index (κ1) is 14.3. The van der Waals surface area contributed by atoms with Gasteiger partial charge in [-0.1, -0.05) is 12.1 Å². The summed E-state index contributed by atoms with van der Waals surface area (Å²) in [4.78, 5) is 11.9. The molecule has 1 aromatic heterocycles. The van der Waals surface area contributed by atoms with Crippen molar-refractivity contribution in [1.82, 2.24) is 5.32 Å². The summed E-state index contributed by atoms with van der Waals surface area (Å²) in [6, 6.07) is 6.69. The number of carbonyl (C=O) groups is 1. The normalized spacial score (nSPS) is 10.6. The molecule has 106 valence electrons. The largest absolute Gasteiger partial charge is 0.455 e. The van der Waals surface area contributed by atoms with E-state index in [2.05, 4.69) is 5.32 Å². The minimum absolute atomic E-state index is 0.210. The zero-order chi connectivity index (χ0) is 14.7. The van der Waals surface area contributed by atoms with Crippen molar-refractivity contribution in [3.63, 3.8) is 0 Å². The van der Waals surface area contributed by atoms with Crippen LogP contribution in [0.3, 0.4) is 0 Å². The summed E-state index contributed by atoms with van der Waals surface area (Å²) in [7, 11) is 0. The quantitative estimate of drug-likeness (QED) is 0.901. The van der Waals surface area contributed by atoms with Crippen molar-refractivity contribution in [3.8, 4) is 0 Å². The van der Waals surface area contributed by atoms with E-state index >= 15 is 0 Å². The van der Waals surface area contributed by atoms with Crippen LogP contribution in [0.1, 0.15) is 33.0 Å². The molecule has 0 saturated heterocycles. The average molecular weight is 276 g/mol. The molecule has 0 atom stereocenters. The maximum atomic E-state index is 13.5. The zero-order valence-electron chi connectivity index (χ0n) is 11.5. The highest BCUT2D eigenvalue weighted by Gasteiger charge is 2.11. The van der Waals surface area contributed by atoms with Crippen LogP contribution in [0.4, 0.5) is 4.39 Å². The van der Waals surface area contributed by atoms with Crippen LogP contribution in [0.15, 0.2) is 28.7 Å². The first-order valence-electron chi connectivity index (χ1n) is 6.34. The number of nitrogens with two attached hydrogens (primary N) is 1. The van der Waals surface area contributed by atoms with Gasteiger partial charge in [0.2, 0.25) is 0 Å². The minimum atomic E-state index is -0.315. The van der Waals surface area contributed by atoms with Gasteiger partial charge in [0.05, 0.1) is 6.54 Å². The molecular weight excluding hydrogens is 259 g/mol. The van der Waals surface area contributed by atoms with Crippen molar-refractivity contribution < 1.29 is 13.6 Å². The number of rotatable bonds is 4. The number of aryl methyl sites for hydroxylation is 2. The van der Waals surface area contributed by atoms with E-state index in [1.54, 1.807) is 38.1 Å². The van der Waals surface area contributed by atoms with Crippen molar-refractivity contribution in [3.05, 3.63) is 58.3 Å². The molecule has 0 aliphatic rings. The molecule has 4 nitrogen and oxygen atoms in total. The number of halogens is 1. The number of nitrogens with one attached hydrogen (secondary N) is 1. The molecule has 2 rings (SSSR count). The van der Waals surface area contributed by atoms with Crippen molar-refractivity contribution in [2.45, 2.75) is 26.9 Å². The van der Waals surface area contributed by atoms with Crippen molar-refractivity contribution in [2.75, 3.05) is 0 Å². The molecular formula is C15H17FN2O2. The Hall–Kier alpha value is -2.14. The van der Waals surface area contributed by atoms with Crippen molar-refractivity contribution >= 4 is 5.91 Å². The van der Waals surface area contributed by atoms with Crippen LogP contribution in [-0.4, -0.2) is 5.91 Å². The van der Waals surface area contributed by atoms with E-state index in [0.29, 0.717) is 23.4 Å². The molecule has 1 amide bonds. The number of hydrogen-bond donors (Lipinski definition) is 2. The molecule has 0 saturated carbocycles. The molecule has 0 spiro atoms. The average Bonchev–Trinajstić information content (AvgIpc) is 2.91. The molecule has 2 aromatic rings. The second kappa shape index (κ2) is 5.88. The Kier molecular flexibility index (Phi) is 4.20. The van der Waals surface area contributed by atoms with Gasteiger partial charge < -0.3 is 15.5 Å². The lowest BCUT2D eigenvalue weighted by Gasteiger charge is -2.07. The Labute approximate surface area is 116 Å². The van der Waals surface area contributed by atoms with Crippen LogP contribution in [0.2, 0.25) is 0 Å². The smallest absolute Gasteiger partial charge is 0.287 e. The molecule has 0 aliphatic heterocycles. The fraction of sp³-hybridized carbons (Fsp3) is 0.267. The van der Waals surface area contributed by atoms with Gasteiger partial charge in [0.1, 0.15) is 11.6 Å². The van der Waals surface area contributed by atoms with Gasteiger partial charge in [0.25, 0.3) is 5.91 Å². The van der Waals surface area contributed by atoms with E-state index in [9.17, 15) is 9.18 Å². The maximum absolute atomic E-state index is 13.5. The number of benzene rings is 1. The molecule has 0 fully saturated rings. The molecule has 0 unspecified atom stereocenters. The van der Waals surface area contributed by atoms with Crippen LogP contribution in [0, 0.1) is 19.7 Å². The van der Waals surface area contributed by atoms with Gasteiger partial charge in [0.15, 0.2) is 5.76 Å². The minimum Gasteiger partial charge on any atom is -0.455 e. The highest BCUT2D eigenvalue weighted by Crippen LogP contribution is 2.15. The second-order valence-corrected chi connectivity index (χ2v) is 4.70. The number of furan rings is 1. The van der Waals surface area contributed by atoms with E-state index in [0.717, 1.165) is 5.56 Å². The predicted molar refractivity (Wildman–Crippen MR) is 73.6 cm³/mol. The van der Waals surface area contributed by atoms with Gasteiger partial charge >= 0.3 is 0 Å². The molecule has 0 radical (unpaired) electrons. The SMILES string of the molecule is Cc1cc(CNC(=O)c2ccc(CN)o2)cc(C)c1F. The zero-order valence-corrected chi connectivity index (χ0v) is 11.5. The van der Waals surface area contributed by atoms with E-state index in [1.807, 2.05) is 0 Å². The molecule has 0 aliphatic carbocycles. The monoisotopic (exact) mass is 276 g/mol. The van der Waals surface area contributed by atoms with Crippen LogP contribution >= 0.6 is 0 Å². The third-order valence-corrected chi connectivity index (χ3v) is 3.04. The highest BCUT2D eigenvalue weighted by molar-refractivity contribution is 5.91. The van der Waals surface area contributed by atoms with E-state index in [-0.39, 0.29) is 24.0 Å². The molecule has 5 heteroatoms. The van der Waals surface area contributed by atoms with Crippen LogP contribution < -0.4 is 11.1 Å². The summed E-state index contributed by atoms with van der Waals surface area (Å²) in [5.41, 5.74) is 7.40. The third kappa shape index (κ3) is 3.05. The molecule has 1 aromatic carbocycles. The van der Waals surface area contributed by atoms with Gasteiger partial charge in [-0.3, -0.25) is 4.79 Å². The summed E-state index contributed by atoms with van der Waals surface area (Å²) in [5.74, 6) is 0.257. The summed E-state index contributed by atoms with van der Waals surface area (Å²) in [6.07, 6.45) is 0. The van der Waals surface area contributed by atoms with Gasteiger partial charge in [-0.05, 0) is 42.7 Å². The van der Waals surface area contributed by atoms with Gasteiger partial charge in [-0.25, -0.2) is 4.39 Å². The number of amides is 1. The Morgan fingerprint density at radius 2 is 1.95 bits per heavy atom. The Bertz CT molecular complexity index is 612. The molecule has 1 heterocycles. The fourth-order valence-electron chi connectivity index (χ4n) is 2.02. The van der Waals surface area contributed by atoms with Crippen LogP contribution in [-0.2, 0) is 13.1 Å². The van der Waals surface area contributed by atoms with Gasteiger partial charge in [0, 0.05) is 6.54 Å². The lowest BCUT2D eigenvalue weighted by atomic mass is 10.1. The van der Waals surface area contributed by atoms with Gasteiger partial charge in [-0.15, -0.1) is 0 Å². The summed E-state index contributed by atoms with van der Waals surface area (Å²) >= 11 is 0. The Morgan fingerprint density at radius 3 is 2.50 bits per heavy atom. The van der Waals surface area contributed by atoms with Crippen molar-refractivity contribution in [1.29, 1.82) is 0 Å². The third-order valence-electron chi connectivity index (χ3n) is 3.04. The Morgan fingerprint density at radius 1 is 1.30 bits per heavy atom. The molecule has 20 heavy (non-hydrogen) atoms. The first-order chi connectivity index (χ1) is 9.51. The van der Waals surface area contributed by atoms with E-state index < -0.39 is 0 Å². The summed E-state index contributed by atoms with van der Waals surface area (Å²) in [6.45, 7) is 3.98. The highest BCUT2D eigenvalue weighted by atomic mass is 19.1. The van der Waals surface area contributed by atoms with Crippen LogP contribution in [0.5, 0.6) is 0 Å². The van der Waals surface area contributed by atoms with E-state index in [4.69, 9.17) is 10.2 Å². The number of carbonyl (C=O) groups excluding carboxylic acids is 1. The first-order valence-corrected chi connectivity index (χ1v) is 6.34. The van der Waals surface area contributed by atoms with E-state index in [1.165, 1.54) is 0 Å². The van der Waals surface area contributed by atoms with Crippen LogP contribution in [0.25, 0.3) is 0 Å². The summed E-state index contributed by atoms with van der Waals surface area (Å²) in [5, 5.41) is 2.73. The predicted octanol–water partition coefficient (Wildman–Crippen LogP) is 2.42. The standard InChI is InChI=1S/C15H17FN2O2/c1-9-5-11(6-10(2)14(9)16)8-18-15(19)13-4-3-12(7-17)20-13/h3-6H,7-8,17H2,1-2H3,(H,18,19). The van der Waals surface area contributed by atoms with Gasteiger partial charge in [-0.2, -0.15) is 0 Å². The van der Waals surface area contributed by atoms with Crippen molar-refractivity contribution in [2.24, 2.45) is 5.73 Å². The summed E-state index contributed by atoms with van der Waals surface area (Å²) < 4.78 is 18.8. The fourth-order valence-corrected chi connectivity index (χ4v) is 2.02. The Balaban J connectivity index is 2.03. The second-order valence-electron chi connectivity index (χ2n) is 4.70. The topological polar surface area (TPSA) is 68.3 Å².